The van der Waals surface area contributed by atoms with E-state index in [1.165, 1.54) is 0 Å². The van der Waals surface area contributed by atoms with Crippen molar-refractivity contribution in [2.75, 3.05) is 31.2 Å². The molecule has 0 amide bonds. The maximum absolute atomic E-state index is 12.7. The highest BCUT2D eigenvalue weighted by atomic mass is 32.2. The van der Waals surface area contributed by atoms with Gasteiger partial charge in [0.15, 0.2) is 0 Å². The van der Waals surface area contributed by atoms with Crippen molar-refractivity contribution in [3.8, 4) is 0 Å². The highest BCUT2D eigenvalue weighted by Gasteiger charge is 2.31. The van der Waals surface area contributed by atoms with Crippen molar-refractivity contribution in [3.63, 3.8) is 0 Å². The first-order valence-corrected chi connectivity index (χ1v) is 8.83. The fourth-order valence-corrected chi connectivity index (χ4v) is 5.11. The monoisotopic (exact) mass is 301 g/mol. The number of nitrogens with one attached hydrogen (secondary N) is 1. The summed E-state index contributed by atoms with van der Waals surface area (Å²) in [5.74, 6) is 1.26. The molecule has 1 aliphatic rings. The van der Waals surface area contributed by atoms with Crippen LogP contribution in [0, 0.1) is 0 Å². The SMILES string of the molecule is CCC1CN(S(=O)(=O)c2cccnc2NC)CCS1. The zero-order valence-electron chi connectivity index (χ0n) is 11.2. The minimum Gasteiger partial charge on any atom is -0.372 e. The van der Waals surface area contributed by atoms with Gasteiger partial charge in [-0.25, -0.2) is 13.4 Å². The van der Waals surface area contributed by atoms with E-state index in [0.717, 1.165) is 12.2 Å². The van der Waals surface area contributed by atoms with Gasteiger partial charge in [-0.05, 0) is 18.6 Å². The third kappa shape index (κ3) is 3.04. The molecular formula is C12H19N3O2S2. The molecule has 0 saturated carbocycles. The van der Waals surface area contributed by atoms with E-state index in [-0.39, 0.29) is 4.90 Å². The Kier molecular flexibility index (Phi) is 4.70. The van der Waals surface area contributed by atoms with Crippen molar-refractivity contribution in [3.05, 3.63) is 18.3 Å². The molecule has 1 aromatic rings. The summed E-state index contributed by atoms with van der Waals surface area (Å²) < 4.78 is 26.9. The van der Waals surface area contributed by atoms with Crippen LogP contribution in [0.3, 0.4) is 0 Å². The molecule has 0 aromatic carbocycles. The molecule has 1 saturated heterocycles. The number of pyridine rings is 1. The molecule has 19 heavy (non-hydrogen) atoms. The lowest BCUT2D eigenvalue weighted by atomic mass is 10.3. The highest BCUT2D eigenvalue weighted by molar-refractivity contribution is 8.00. The van der Waals surface area contributed by atoms with Gasteiger partial charge >= 0.3 is 0 Å². The summed E-state index contributed by atoms with van der Waals surface area (Å²) in [6.45, 7) is 3.25. The van der Waals surface area contributed by atoms with Gasteiger partial charge < -0.3 is 5.32 Å². The number of rotatable bonds is 4. The van der Waals surface area contributed by atoms with E-state index in [1.54, 1.807) is 29.7 Å². The van der Waals surface area contributed by atoms with Crippen molar-refractivity contribution in [2.45, 2.75) is 23.5 Å². The molecular weight excluding hydrogens is 282 g/mol. The van der Waals surface area contributed by atoms with E-state index in [4.69, 9.17) is 0 Å². The zero-order chi connectivity index (χ0) is 13.9. The van der Waals surface area contributed by atoms with E-state index in [2.05, 4.69) is 17.2 Å². The maximum Gasteiger partial charge on any atom is 0.246 e. The van der Waals surface area contributed by atoms with Crippen LogP contribution in [0.2, 0.25) is 0 Å². The van der Waals surface area contributed by atoms with Crippen LogP contribution in [-0.4, -0.2) is 48.8 Å². The molecule has 5 nitrogen and oxygen atoms in total. The standard InChI is InChI=1S/C12H19N3O2S2/c1-3-10-9-15(7-8-18-10)19(16,17)11-5-4-6-14-12(11)13-2/h4-6,10H,3,7-9H2,1-2H3,(H,13,14). The van der Waals surface area contributed by atoms with Crippen LogP contribution in [0.15, 0.2) is 23.2 Å². The fourth-order valence-electron chi connectivity index (χ4n) is 2.08. The molecule has 1 atom stereocenters. The Morgan fingerprint density at radius 3 is 3.05 bits per heavy atom. The van der Waals surface area contributed by atoms with Crippen LogP contribution < -0.4 is 5.32 Å². The average Bonchev–Trinajstić information content (AvgIpc) is 2.47. The van der Waals surface area contributed by atoms with Gasteiger partial charge in [0.05, 0.1) is 0 Å². The van der Waals surface area contributed by atoms with E-state index in [0.29, 0.717) is 24.2 Å². The Bertz CT molecular complexity index is 534. The number of thioether (sulfide) groups is 1. The summed E-state index contributed by atoms with van der Waals surface area (Å²) in [6, 6.07) is 3.26. The zero-order valence-corrected chi connectivity index (χ0v) is 12.8. The lowest BCUT2D eigenvalue weighted by Gasteiger charge is -2.31. The minimum atomic E-state index is -3.45. The minimum absolute atomic E-state index is 0.263. The third-order valence-corrected chi connectivity index (χ3v) is 6.45. The molecule has 1 unspecified atom stereocenters. The largest absolute Gasteiger partial charge is 0.372 e. The van der Waals surface area contributed by atoms with Crippen LogP contribution in [0.1, 0.15) is 13.3 Å². The first-order chi connectivity index (χ1) is 9.09. The molecule has 1 aromatic heterocycles. The highest BCUT2D eigenvalue weighted by Crippen LogP contribution is 2.28. The van der Waals surface area contributed by atoms with Crippen molar-refractivity contribution in [1.82, 2.24) is 9.29 Å². The Labute approximate surface area is 118 Å². The Hall–Kier alpha value is -0.790. The predicted octanol–water partition coefficient (Wildman–Crippen LogP) is 1.64. The van der Waals surface area contributed by atoms with E-state index < -0.39 is 10.0 Å². The fraction of sp³-hybridized carbons (Fsp3) is 0.583. The molecule has 106 valence electrons. The van der Waals surface area contributed by atoms with Crippen LogP contribution in [0.25, 0.3) is 0 Å². The van der Waals surface area contributed by atoms with E-state index >= 15 is 0 Å². The number of aromatic nitrogens is 1. The quantitative estimate of drug-likeness (QED) is 0.916. The maximum atomic E-state index is 12.7. The van der Waals surface area contributed by atoms with Gasteiger partial charge in [0, 0.05) is 37.3 Å². The van der Waals surface area contributed by atoms with Crippen LogP contribution in [-0.2, 0) is 10.0 Å². The molecule has 0 bridgehead atoms. The van der Waals surface area contributed by atoms with Gasteiger partial charge in [-0.1, -0.05) is 6.92 Å². The summed E-state index contributed by atoms with van der Waals surface area (Å²) in [6.07, 6.45) is 2.58. The van der Waals surface area contributed by atoms with Crippen LogP contribution >= 0.6 is 11.8 Å². The second-order valence-corrected chi connectivity index (χ2v) is 7.68. The molecule has 2 rings (SSSR count). The van der Waals surface area contributed by atoms with E-state index in [1.807, 2.05) is 11.8 Å². The summed E-state index contributed by atoms with van der Waals surface area (Å²) >= 11 is 1.85. The normalized spacial score (nSPS) is 21.3. The lowest BCUT2D eigenvalue weighted by molar-refractivity contribution is 0.416. The third-order valence-electron chi connectivity index (χ3n) is 3.18. The van der Waals surface area contributed by atoms with Gasteiger partial charge in [0.2, 0.25) is 10.0 Å². The van der Waals surface area contributed by atoms with Gasteiger partial charge in [-0.3, -0.25) is 0 Å². The number of hydrogen-bond donors (Lipinski definition) is 1. The first kappa shape index (κ1) is 14.6. The molecule has 2 heterocycles. The van der Waals surface area contributed by atoms with Gasteiger partial charge in [-0.15, -0.1) is 0 Å². The number of sulfonamides is 1. The molecule has 0 spiro atoms. The summed E-state index contributed by atoms with van der Waals surface area (Å²) in [7, 11) is -1.77. The number of nitrogens with zero attached hydrogens (tertiary/aromatic N) is 2. The number of anilines is 1. The second-order valence-electron chi connectivity index (χ2n) is 4.36. The van der Waals surface area contributed by atoms with Crippen LogP contribution in [0.5, 0.6) is 0 Å². The molecule has 7 heteroatoms. The van der Waals surface area contributed by atoms with Gasteiger partial charge in [-0.2, -0.15) is 16.1 Å². The number of hydrogen-bond acceptors (Lipinski definition) is 5. The smallest absolute Gasteiger partial charge is 0.246 e. The molecule has 0 radical (unpaired) electrons. The molecule has 0 aliphatic carbocycles. The van der Waals surface area contributed by atoms with Crippen molar-refractivity contribution >= 4 is 27.6 Å². The molecule has 1 fully saturated rings. The van der Waals surface area contributed by atoms with Crippen LogP contribution in [0.4, 0.5) is 5.82 Å². The Morgan fingerprint density at radius 1 is 1.58 bits per heavy atom. The first-order valence-electron chi connectivity index (χ1n) is 6.34. The summed E-state index contributed by atoms with van der Waals surface area (Å²) in [4.78, 5) is 4.34. The topological polar surface area (TPSA) is 62.3 Å². The Morgan fingerprint density at radius 2 is 2.37 bits per heavy atom. The van der Waals surface area contributed by atoms with Crippen molar-refractivity contribution in [2.24, 2.45) is 0 Å². The molecule has 1 N–H and O–H groups in total. The lowest BCUT2D eigenvalue weighted by Crippen LogP contribution is -2.41. The van der Waals surface area contributed by atoms with E-state index in [9.17, 15) is 8.42 Å². The predicted molar refractivity (Wildman–Crippen MR) is 79.1 cm³/mol. The average molecular weight is 301 g/mol. The van der Waals surface area contributed by atoms with Gasteiger partial charge in [0.25, 0.3) is 0 Å². The second kappa shape index (κ2) is 6.11. The van der Waals surface area contributed by atoms with Crippen molar-refractivity contribution < 1.29 is 8.42 Å². The summed E-state index contributed by atoms with van der Waals surface area (Å²) in [5.41, 5.74) is 0. The van der Waals surface area contributed by atoms with Crippen molar-refractivity contribution in [1.29, 1.82) is 0 Å². The molecule has 1 aliphatic heterocycles. The van der Waals surface area contributed by atoms with Gasteiger partial charge in [0.1, 0.15) is 10.7 Å². The summed E-state index contributed by atoms with van der Waals surface area (Å²) in [5, 5.41) is 3.23. The Balaban J connectivity index is 2.31.